The number of ether oxygens (including phenoxy) is 3. The fourth-order valence-electron chi connectivity index (χ4n) is 2.00. The molecule has 0 bridgehead atoms. The van der Waals surface area contributed by atoms with Gasteiger partial charge in [0.1, 0.15) is 17.2 Å². The molecule has 23 heavy (non-hydrogen) atoms. The van der Waals surface area contributed by atoms with Gasteiger partial charge >= 0.3 is 0 Å². The topological polar surface area (TPSA) is 66.6 Å². The molecular weight excluding hydrogens is 296 g/mol. The first-order chi connectivity index (χ1) is 11.3. The Kier molecular flexibility index (Phi) is 4.42. The van der Waals surface area contributed by atoms with Crippen LogP contribution in [0, 0.1) is 0 Å². The summed E-state index contributed by atoms with van der Waals surface area (Å²) in [6.07, 6.45) is 0. The average Bonchev–Trinajstić information content (AvgIpc) is 3.09. The summed E-state index contributed by atoms with van der Waals surface area (Å²) in [5.41, 5.74) is 0.825. The number of rotatable bonds is 6. The zero-order valence-electron chi connectivity index (χ0n) is 12.9. The van der Waals surface area contributed by atoms with Crippen molar-refractivity contribution in [2.75, 3.05) is 14.2 Å². The third-order valence-electron chi connectivity index (χ3n) is 3.21. The van der Waals surface area contributed by atoms with Gasteiger partial charge in [-0.2, -0.15) is 0 Å². The molecule has 6 heteroatoms. The number of hydrogen-bond donors (Lipinski definition) is 0. The second-order valence-corrected chi connectivity index (χ2v) is 4.70. The number of hydrogen-bond acceptors (Lipinski definition) is 6. The van der Waals surface area contributed by atoms with E-state index in [0.29, 0.717) is 17.5 Å². The Morgan fingerprint density at radius 3 is 2.35 bits per heavy atom. The van der Waals surface area contributed by atoms with E-state index < -0.39 is 0 Å². The Labute approximate surface area is 133 Å². The minimum absolute atomic E-state index is 0.191. The van der Waals surface area contributed by atoms with Gasteiger partial charge in [-0.25, -0.2) is 0 Å². The second kappa shape index (κ2) is 6.83. The Morgan fingerprint density at radius 2 is 1.61 bits per heavy atom. The van der Waals surface area contributed by atoms with Crippen LogP contribution in [0.4, 0.5) is 0 Å². The molecule has 0 saturated heterocycles. The van der Waals surface area contributed by atoms with E-state index in [1.165, 1.54) is 0 Å². The van der Waals surface area contributed by atoms with E-state index in [1.54, 1.807) is 20.3 Å². The van der Waals surface area contributed by atoms with E-state index in [-0.39, 0.29) is 6.61 Å². The first-order valence-corrected chi connectivity index (χ1v) is 7.02. The van der Waals surface area contributed by atoms with Gasteiger partial charge in [0.05, 0.1) is 14.2 Å². The third kappa shape index (κ3) is 3.60. The lowest BCUT2D eigenvalue weighted by atomic mass is 10.2. The second-order valence-electron chi connectivity index (χ2n) is 4.70. The van der Waals surface area contributed by atoms with E-state index in [4.69, 9.17) is 18.6 Å². The molecule has 0 atom stereocenters. The fraction of sp³-hybridized carbons (Fsp3) is 0.176. The monoisotopic (exact) mass is 312 g/mol. The van der Waals surface area contributed by atoms with Crippen LogP contribution in [0.25, 0.3) is 11.5 Å². The van der Waals surface area contributed by atoms with Crippen molar-refractivity contribution in [3.8, 4) is 28.7 Å². The summed E-state index contributed by atoms with van der Waals surface area (Å²) >= 11 is 0. The lowest BCUT2D eigenvalue weighted by Crippen LogP contribution is -1.96. The van der Waals surface area contributed by atoms with Crippen LogP contribution in [0.15, 0.2) is 52.9 Å². The van der Waals surface area contributed by atoms with Crippen LogP contribution in [-0.4, -0.2) is 24.4 Å². The molecule has 0 aliphatic rings. The van der Waals surface area contributed by atoms with Crippen molar-refractivity contribution in [1.82, 2.24) is 10.2 Å². The minimum atomic E-state index is 0.191. The average molecular weight is 312 g/mol. The lowest BCUT2D eigenvalue weighted by molar-refractivity contribution is 0.263. The molecule has 1 heterocycles. The van der Waals surface area contributed by atoms with Gasteiger partial charge in [0.25, 0.3) is 5.89 Å². The van der Waals surface area contributed by atoms with E-state index in [9.17, 15) is 0 Å². The highest BCUT2D eigenvalue weighted by molar-refractivity contribution is 5.53. The van der Waals surface area contributed by atoms with Gasteiger partial charge in [0.15, 0.2) is 6.61 Å². The van der Waals surface area contributed by atoms with Crippen molar-refractivity contribution in [2.45, 2.75) is 6.61 Å². The van der Waals surface area contributed by atoms with Crippen molar-refractivity contribution in [3.05, 3.63) is 54.4 Å². The molecule has 0 saturated carbocycles. The van der Waals surface area contributed by atoms with Gasteiger partial charge < -0.3 is 18.6 Å². The molecule has 0 spiro atoms. The standard InChI is InChI=1S/C17H16N2O4/c1-20-13-8-6-12(7-9-13)17-19-18-16(23-17)11-22-15-5-3-4-14(10-15)21-2/h3-10H,11H2,1-2H3. The molecule has 1 aromatic heterocycles. The zero-order valence-corrected chi connectivity index (χ0v) is 12.9. The van der Waals surface area contributed by atoms with Crippen LogP contribution < -0.4 is 14.2 Å². The Bertz CT molecular complexity index is 768. The van der Waals surface area contributed by atoms with Gasteiger partial charge in [0.2, 0.25) is 5.89 Å². The number of aromatic nitrogens is 2. The van der Waals surface area contributed by atoms with Crippen LogP contribution in [0.5, 0.6) is 17.2 Å². The Morgan fingerprint density at radius 1 is 0.870 bits per heavy atom. The molecule has 3 rings (SSSR count). The van der Waals surface area contributed by atoms with Crippen LogP contribution in [0.3, 0.4) is 0 Å². The quantitative estimate of drug-likeness (QED) is 0.695. The normalized spacial score (nSPS) is 10.3. The van der Waals surface area contributed by atoms with Crippen LogP contribution >= 0.6 is 0 Å². The maximum absolute atomic E-state index is 5.62. The first kappa shape index (κ1) is 14.9. The van der Waals surface area contributed by atoms with E-state index in [1.807, 2.05) is 42.5 Å². The molecule has 6 nitrogen and oxygen atoms in total. The number of benzene rings is 2. The zero-order chi connectivity index (χ0) is 16.1. The molecule has 0 N–H and O–H groups in total. The predicted octanol–water partition coefficient (Wildman–Crippen LogP) is 3.33. The molecular formula is C17H16N2O4. The number of nitrogens with zero attached hydrogens (tertiary/aromatic N) is 2. The highest BCUT2D eigenvalue weighted by Crippen LogP contribution is 2.23. The molecule has 0 radical (unpaired) electrons. The molecule has 2 aromatic carbocycles. The van der Waals surface area contributed by atoms with Crippen LogP contribution in [0.2, 0.25) is 0 Å². The van der Waals surface area contributed by atoms with Gasteiger partial charge in [-0.05, 0) is 36.4 Å². The minimum Gasteiger partial charge on any atom is -0.497 e. The molecule has 0 aliphatic carbocycles. The Hall–Kier alpha value is -3.02. The van der Waals surface area contributed by atoms with E-state index in [0.717, 1.165) is 17.1 Å². The molecule has 0 aliphatic heterocycles. The van der Waals surface area contributed by atoms with Crippen molar-refractivity contribution in [2.24, 2.45) is 0 Å². The van der Waals surface area contributed by atoms with Crippen LogP contribution in [-0.2, 0) is 6.61 Å². The summed E-state index contributed by atoms with van der Waals surface area (Å²) < 4.78 is 21.5. The molecule has 0 amide bonds. The summed E-state index contributed by atoms with van der Waals surface area (Å²) in [5, 5.41) is 8.01. The number of methoxy groups -OCH3 is 2. The van der Waals surface area contributed by atoms with Gasteiger partial charge in [0, 0.05) is 11.6 Å². The SMILES string of the molecule is COc1ccc(-c2nnc(COc3cccc(OC)c3)o2)cc1. The predicted molar refractivity (Wildman–Crippen MR) is 83.6 cm³/mol. The maximum Gasteiger partial charge on any atom is 0.254 e. The summed E-state index contributed by atoms with van der Waals surface area (Å²) in [4.78, 5) is 0. The highest BCUT2D eigenvalue weighted by Gasteiger charge is 2.09. The molecule has 3 aromatic rings. The Balaban J connectivity index is 1.66. The van der Waals surface area contributed by atoms with Gasteiger partial charge in [-0.15, -0.1) is 10.2 Å². The van der Waals surface area contributed by atoms with Crippen molar-refractivity contribution in [3.63, 3.8) is 0 Å². The van der Waals surface area contributed by atoms with Crippen molar-refractivity contribution >= 4 is 0 Å². The summed E-state index contributed by atoms with van der Waals surface area (Å²) in [6, 6.07) is 14.7. The molecule has 118 valence electrons. The van der Waals surface area contributed by atoms with E-state index in [2.05, 4.69) is 10.2 Å². The molecule has 0 fully saturated rings. The summed E-state index contributed by atoms with van der Waals surface area (Å²) in [5.74, 6) is 3.02. The lowest BCUT2D eigenvalue weighted by Gasteiger charge is -2.05. The smallest absolute Gasteiger partial charge is 0.254 e. The third-order valence-corrected chi connectivity index (χ3v) is 3.21. The first-order valence-electron chi connectivity index (χ1n) is 7.02. The molecule has 0 unspecified atom stereocenters. The summed E-state index contributed by atoms with van der Waals surface area (Å²) in [6.45, 7) is 0.191. The van der Waals surface area contributed by atoms with Gasteiger partial charge in [-0.1, -0.05) is 6.07 Å². The van der Waals surface area contributed by atoms with Gasteiger partial charge in [-0.3, -0.25) is 0 Å². The highest BCUT2D eigenvalue weighted by atomic mass is 16.5. The maximum atomic E-state index is 5.62. The van der Waals surface area contributed by atoms with Crippen molar-refractivity contribution < 1.29 is 18.6 Å². The van der Waals surface area contributed by atoms with Crippen molar-refractivity contribution in [1.29, 1.82) is 0 Å². The fourth-order valence-corrected chi connectivity index (χ4v) is 2.00. The van der Waals surface area contributed by atoms with E-state index >= 15 is 0 Å². The largest absolute Gasteiger partial charge is 0.497 e. The summed E-state index contributed by atoms with van der Waals surface area (Å²) in [7, 11) is 3.23. The van der Waals surface area contributed by atoms with Crippen LogP contribution in [0.1, 0.15) is 5.89 Å².